The molecule has 1 aliphatic carbocycles. The monoisotopic (exact) mass is 271 g/mol. The van der Waals surface area contributed by atoms with Crippen LogP contribution >= 0.6 is 0 Å². The fourth-order valence-corrected chi connectivity index (χ4v) is 3.62. The fraction of sp³-hybridized carbons (Fsp3) is 0.611. The van der Waals surface area contributed by atoms with Gasteiger partial charge in [0.25, 0.3) is 0 Å². The minimum atomic E-state index is 0.269. The van der Waals surface area contributed by atoms with Gasteiger partial charge in [0.2, 0.25) is 0 Å². The fourth-order valence-electron chi connectivity index (χ4n) is 3.62. The van der Waals surface area contributed by atoms with Gasteiger partial charge < -0.3 is 4.90 Å². The largest absolute Gasteiger partial charge is 0.371 e. The van der Waals surface area contributed by atoms with E-state index in [1.165, 1.54) is 42.5 Å². The Bertz CT molecular complexity index is 494. The minimum Gasteiger partial charge on any atom is -0.371 e. The number of rotatable bonds is 4. The quantitative estimate of drug-likeness (QED) is 0.831. The maximum Gasteiger partial charge on any atom is 0.137 e. The highest BCUT2D eigenvalue weighted by Gasteiger charge is 2.27. The van der Waals surface area contributed by atoms with E-state index >= 15 is 0 Å². The molecule has 2 nitrogen and oxygen atoms in total. The van der Waals surface area contributed by atoms with Crippen LogP contribution in [0.1, 0.15) is 50.2 Å². The van der Waals surface area contributed by atoms with Gasteiger partial charge in [0.05, 0.1) is 0 Å². The Hall–Kier alpha value is -1.31. The van der Waals surface area contributed by atoms with E-state index in [-0.39, 0.29) is 5.92 Å². The summed E-state index contributed by atoms with van der Waals surface area (Å²) in [4.78, 5) is 14.4. The smallest absolute Gasteiger partial charge is 0.137 e. The van der Waals surface area contributed by atoms with Crippen LogP contribution in [0.2, 0.25) is 0 Å². The molecular formula is C18H25NO. The summed E-state index contributed by atoms with van der Waals surface area (Å²) in [5.74, 6) is 0.735. The molecule has 1 fully saturated rings. The van der Waals surface area contributed by atoms with Crippen LogP contribution in [-0.2, 0) is 17.6 Å². The number of carbonyl (C=O) groups excluding carboxylic acids is 1. The maximum absolute atomic E-state index is 12.0. The third-order valence-corrected chi connectivity index (χ3v) is 4.84. The molecule has 1 saturated heterocycles. The number of carbonyl (C=O) groups is 1. The molecule has 0 radical (unpaired) electrons. The van der Waals surface area contributed by atoms with Crippen molar-refractivity contribution in [2.24, 2.45) is 5.92 Å². The third kappa shape index (κ3) is 2.74. The van der Waals surface area contributed by atoms with E-state index in [4.69, 9.17) is 0 Å². The molecule has 108 valence electrons. The van der Waals surface area contributed by atoms with Crippen LogP contribution in [0.4, 0.5) is 5.69 Å². The van der Waals surface area contributed by atoms with Crippen LogP contribution in [0, 0.1) is 5.92 Å². The van der Waals surface area contributed by atoms with Crippen LogP contribution in [0.3, 0.4) is 0 Å². The highest BCUT2D eigenvalue weighted by Crippen LogP contribution is 2.30. The molecule has 0 aromatic heterocycles. The van der Waals surface area contributed by atoms with Crippen molar-refractivity contribution in [1.82, 2.24) is 0 Å². The van der Waals surface area contributed by atoms with Crippen molar-refractivity contribution in [3.05, 3.63) is 29.3 Å². The summed E-state index contributed by atoms with van der Waals surface area (Å²) in [5, 5.41) is 0. The topological polar surface area (TPSA) is 20.3 Å². The standard InChI is InChI=1S/C18H25NO/c1-2-5-18(20)16-10-11-19(13-16)17-9-8-14-6-3-4-7-15(14)12-17/h8-9,12,16H,2-7,10-11,13H2,1H3. The molecule has 1 unspecified atom stereocenters. The summed E-state index contributed by atoms with van der Waals surface area (Å²) in [6.07, 6.45) is 7.91. The van der Waals surface area contributed by atoms with Gasteiger partial charge in [-0.1, -0.05) is 13.0 Å². The van der Waals surface area contributed by atoms with Crippen molar-refractivity contribution in [2.75, 3.05) is 18.0 Å². The van der Waals surface area contributed by atoms with Crippen LogP contribution in [0.25, 0.3) is 0 Å². The van der Waals surface area contributed by atoms with E-state index in [2.05, 4.69) is 30.0 Å². The normalized spacial score (nSPS) is 21.9. The molecule has 0 bridgehead atoms. The molecule has 1 aliphatic heterocycles. The SMILES string of the molecule is CCCC(=O)C1CCN(c2ccc3c(c2)CCCC3)C1. The summed E-state index contributed by atoms with van der Waals surface area (Å²) in [5.41, 5.74) is 4.41. The third-order valence-electron chi connectivity index (χ3n) is 4.84. The van der Waals surface area contributed by atoms with Crippen molar-refractivity contribution in [3.63, 3.8) is 0 Å². The Labute approximate surface area is 122 Å². The van der Waals surface area contributed by atoms with Gasteiger partial charge in [-0.25, -0.2) is 0 Å². The van der Waals surface area contributed by atoms with E-state index in [1.54, 1.807) is 0 Å². The molecule has 1 atom stereocenters. The van der Waals surface area contributed by atoms with Gasteiger partial charge >= 0.3 is 0 Å². The summed E-state index contributed by atoms with van der Waals surface area (Å²) >= 11 is 0. The van der Waals surface area contributed by atoms with Crippen molar-refractivity contribution < 1.29 is 4.79 Å². The lowest BCUT2D eigenvalue weighted by atomic mass is 9.91. The number of hydrogen-bond acceptors (Lipinski definition) is 2. The average Bonchev–Trinajstić information content (AvgIpc) is 2.97. The summed E-state index contributed by atoms with van der Waals surface area (Å²) in [7, 11) is 0. The molecule has 0 N–H and O–H groups in total. The first kappa shape index (κ1) is 13.7. The number of Topliss-reactive ketones (excluding diaryl/α,β-unsaturated/α-hetero) is 1. The zero-order valence-electron chi connectivity index (χ0n) is 12.5. The number of nitrogens with zero attached hydrogens (tertiary/aromatic N) is 1. The van der Waals surface area contributed by atoms with Crippen molar-refractivity contribution in [3.8, 4) is 0 Å². The van der Waals surface area contributed by atoms with Crippen LogP contribution in [0.15, 0.2) is 18.2 Å². The van der Waals surface area contributed by atoms with Gasteiger partial charge in [0.1, 0.15) is 5.78 Å². The Morgan fingerprint density at radius 3 is 2.85 bits per heavy atom. The molecule has 1 aromatic rings. The van der Waals surface area contributed by atoms with Crippen LogP contribution in [0.5, 0.6) is 0 Å². The second-order valence-electron chi connectivity index (χ2n) is 6.31. The zero-order valence-corrected chi connectivity index (χ0v) is 12.5. The van der Waals surface area contributed by atoms with Crippen LogP contribution in [-0.4, -0.2) is 18.9 Å². The number of anilines is 1. The molecule has 0 saturated carbocycles. The molecule has 3 rings (SSSR count). The second-order valence-corrected chi connectivity index (χ2v) is 6.31. The van der Waals surface area contributed by atoms with E-state index in [0.717, 1.165) is 32.4 Å². The maximum atomic E-state index is 12.0. The lowest BCUT2D eigenvalue weighted by Gasteiger charge is -2.22. The van der Waals surface area contributed by atoms with E-state index in [9.17, 15) is 4.79 Å². The molecule has 0 amide bonds. The van der Waals surface area contributed by atoms with Crippen LogP contribution < -0.4 is 4.90 Å². The Balaban J connectivity index is 1.70. The van der Waals surface area contributed by atoms with Gasteiger partial charge in [0.15, 0.2) is 0 Å². The number of hydrogen-bond donors (Lipinski definition) is 0. The Kier molecular flexibility index (Phi) is 4.09. The first-order chi connectivity index (χ1) is 9.78. The first-order valence-corrected chi connectivity index (χ1v) is 8.17. The predicted molar refractivity (Wildman–Crippen MR) is 83.3 cm³/mol. The molecule has 0 spiro atoms. The molecule has 1 heterocycles. The van der Waals surface area contributed by atoms with Gasteiger partial charge in [-0.2, -0.15) is 0 Å². The van der Waals surface area contributed by atoms with Gasteiger partial charge in [-0.3, -0.25) is 4.79 Å². The molecule has 1 aromatic carbocycles. The molecule has 20 heavy (non-hydrogen) atoms. The second kappa shape index (κ2) is 5.99. The highest BCUT2D eigenvalue weighted by molar-refractivity contribution is 5.82. The van der Waals surface area contributed by atoms with E-state index < -0.39 is 0 Å². The highest BCUT2D eigenvalue weighted by atomic mass is 16.1. The number of aryl methyl sites for hydroxylation is 2. The van der Waals surface area contributed by atoms with Gasteiger partial charge in [0, 0.05) is 31.1 Å². The predicted octanol–water partition coefficient (Wildman–Crippen LogP) is 3.76. The molecular weight excluding hydrogens is 246 g/mol. The zero-order chi connectivity index (χ0) is 13.9. The minimum absolute atomic E-state index is 0.269. The average molecular weight is 271 g/mol. The molecule has 2 aliphatic rings. The lowest BCUT2D eigenvalue weighted by molar-refractivity contribution is -0.122. The number of benzene rings is 1. The summed E-state index contributed by atoms with van der Waals surface area (Å²) < 4.78 is 0. The van der Waals surface area contributed by atoms with Crippen molar-refractivity contribution in [2.45, 2.75) is 51.9 Å². The lowest BCUT2D eigenvalue weighted by Crippen LogP contribution is -2.23. The number of fused-ring (bicyclic) bond motifs is 1. The van der Waals surface area contributed by atoms with Crippen molar-refractivity contribution >= 4 is 11.5 Å². The Morgan fingerprint density at radius 1 is 1.25 bits per heavy atom. The molecule has 2 heteroatoms. The van der Waals surface area contributed by atoms with Gasteiger partial charge in [-0.05, 0) is 61.8 Å². The first-order valence-electron chi connectivity index (χ1n) is 8.17. The Morgan fingerprint density at radius 2 is 2.05 bits per heavy atom. The number of ketones is 1. The summed E-state index contributed by atoms with van der Waals surface area (Å²) in [6, 6.07) is 6.95. The van der Waals surface area contributed by atoms with Crippen molar-refractivity contribution in [1.29, 1.82) is 0 Å². The van der Waals surface area contributed by atoms with E-state index in [0.29, 0.717) is 5.78 Å². The summed E-state index contributed by atoms with van der Waals surface area (Å²) in [6.45, 7) is 4.06. The van der Waals surface area contributed by atoms with Gasteiger partial charge in [-0.15, -0.1) is 0 Å². The van der Waals surface area contributed by atoms with E-state index in [1.807, 2.05) is 0 Å².